The number of urea groups is 1. The topological polar surface area (TPSA) is 84.6 Å². The molecule has 0 aliphatic carbocycles. The molecule has 1 N–H and O–H groups in total. The van der Waals surface area contributed by atoms with Crippen molar-refractivity contribution >= 4 is 12.0 Å². The zero-order chi connectivity index (χ0) is 13.4. The third-order valence-electron chi connectivity index (χ3n) is 2.57. The molecule has 0 aliphatic heterocycles. The monoisotopic (exact) mass is 241 g/mol. The maximum absolute atomic E-state index is 12.0. The van der Waals surface area contributed by atoms with E-state index in [9.17, 15) is 9.59 Å². The Morgan fingerprint density at radius 3 is 2.24 bits per heavy atom. The molecule has 6 heteroatoms. The molecule has 1 unspecified atom stereocenters. The molecule has 0 rings (SSSR count). The fourth-order valence-corrected chi connectivity index (χ4v) is 1.43. The molecule has 0 aliphatic rings. The molecule has 1 atom stereocenters. The van der Waals surface area contributed by atoms with Gasteiger partial charge in [-0.1, -0.05) is 0 Å². The number of carboxylic acid groups (broad SMARTS) is 1. The SMILES string of the molecule is CCN(CC)C(=O)N(CCC#N)C(C)C(=O)O. The van der Waals surface area contributed by atoms with E-state index in [4.69, 9.17) is 10.4 Å². The van der Waals surface area contributed by atoms with Crippen LogP contribution in [-0.4, -0.2) is 52.6 Å². The smallest absolute Gasteiger partial charge is 0.326 e. The highest BCUT2D eigenvalue weighted by Crippen LogP contribution is 2.06. The average Bonchev–Trinajstić information content (AvgIpc) is 2.30. The van der Waals surface area contributed by atoms with Gasteiger partial charge in [-0.05, 0) is 20.8 Å². The number of amides is 2. The second-order valence-electron chi connectivity index (χ2n) is 3.57. The van der Waals surface area contributed by atoms with Crippen LogP contribution in [0.25, 0.3) is 0 Å². The number of carboxylic acids is 1. The molecule has 0 fully saturated rings. The van der Waals surface area contributed by atoms with Crippen LogP contribution in [0.2, 0.25) is 0 Å². The van der Waals surface area contributed by atoms with Gasteiger partial charge in [0.25, 0.3) is 0 Å². The first-order chi connectivity index (χ1) is 7.99. The van der Waals surface area contributed by atoms with Gasteiger partial charge in [0.2, 0.25) is 0 Å². The molecule has 0 spiro atoms. The largest absolute Gasteiger partial charge is 0.480 e. The average molecular weight is 241 g/mol. The lowest BCUT2D eigenvalue weighted by molar-refractivity contribution is -0.141. The highest BCUT2D eigenvalue weighted by atomic mass is 16.4. The Bertz CT molecular complexity index is 308. The summed E-state index contributed by atoms with van der Waals surface area (Å²) in [5.74, 6) is -1.07. The maximum Gasteiger partial charge on any atom is 0.326 e. The second-order valence-corrected chi connectivity index (χ2v) is 3.57. The number of aliphatic carboxylic acids is 1. The quantitative estimate of drug-likeness (QED) is 0.755. The third kappa shape index (κ3) is 4.31. The minimum absolute atomic E-state index is 0.130. The van der Waals surface area contributed by atoms with Crippen LogP contribution in [0.4, 0.5) is 4.79 Å². The summed E-state index contributed by atoms with van der Waals surface area (Å²) in [6.45, 7) is 6.28. The number of nitriles is 1. The molecular weight excluding hydrogens is 222 g/mol. The van der Waals surface area contributed by atoms with Gasteiger partial charge in [-0.2, -0.15) is 5.26 Å². The van der Waals surface area contributed by atoms with Gasteiger partial charge in [0, 0.05) is 19.6 Å². The molecule has 17 heavy (non-hydrogen) atoms. The van der Waals surface area contributed by atoms with Gasteiger partial charge in [-0.25, -0.2) is 9.59 Å². The van der Waals surface area contributed by atoms with Gasteiger partial charge in [0.05, 0.1) is 12.5 Å². The lowest BCUT2D eigenvalue weighted by atomic mass is 10.2. The molecule has 96 valence electrons. The Labute approximate surface area is 101 Å². The standard InChI is InChI=1S/C11H19N3O3/c1-4-13(5-2)11(17)14(8-6-7-12)9(3)10(15)16/h9H,4-6,8H2,1-3H3,(H,15,16). The van der Waals surface area contributed by atoms with Gasteiger partial charge in [-0.3, -0.25) is 0 Å². The van der Waals surface area contributed by atoms with Crippen molar-refractivity contribution in [3.8, 4) is 6.07 Å². The van der Waals surface area contributed by atoms with Gasteiger partial charge in [0.15, 0.2) is 0 Å². The number of nitrogens with zero attached hydrogens (tertiary/aromatic N) is 3. The van der Waals surface area contributed by atoms with E-state index in [0.29, 0.717) is 13.1 Å². The van der Waals surface area contributed by atoms with Gasteiger partial charge in [0.1, 0.15) is 6.04 Å². The van der Waals surface area contributed by atoms with Crippen LogP contribution in [0.1, 0.15) is 27.2 Å². The molecule has 0 saturated carbocycles. The van der Waals surface area contributed by atoms with E-state index in [1.165, 1.54) is 16.7 Å². The van der Waals surface area contributed by atoms with E-state index in [1.807, 2.05) is 19.9 Å². The predicted molar refractivity (Wildman–Crippen MR) is 62.4 cm³/mol. The third-order valence-corrected chi connectivity index (χ3v) is 2.57. The fraction of sp³-hybridized carbons (Fsp3) is 0.727. The lowest BCUT2D eigenvalue weighted by Crippen LogP contribution is -2.50. The van der Waals surface area contributed by atoms with E-state index in [1.54, 1.807) is 0 Å². The Morgan fingerprint density at radius 1 is 1.35 bits per heavy atom. The molecule has 0 radical (unpaired) electrons. The van der Waals surface area contributed by atoms with Crippen LogP contribution < -0.4 is 0 Å². The summed E-state index contributed by atoms with van der Waals surface area (Å²) in [5.41, 5.74) is 0. The maximum atomic E-state index is 12.0. The van der Waals surface area contributed by atoms with Crippen molar-refractivity contribution in [3.05, 3.63) is 0 Å². The predicted octanol–water partition coefficient (Wildman–Crippen LogP) is 1.14. The van der Waals surface area contributed by atoms with Gasteiger partial charge < -0.3 is 14.9 Å². The Hall–Kier alpha value is -1.77. The van der Waals surface area contributed by atoms with E-state index in [2.05, 4.69) is 0 Å². The molecule has 0 heterocycles. The van der Waals surface area contributed by atoms with E-state index in [-0.39, 0.29) is 19.0 Å². The zero-order valence-electron chi connectivity index (χ0n) is 10.5. The van der Waals surface area contributed by atoms with Crippen molar-refractivity contribution in [2.75, 3.05) is 19.6 Å². The van der Waals surface area contributed by atoms with Crippen molar-refractivity contribution in [2.45, 2.75) is 33.2 Å². The minimum atomic E-state index is -1.07. The van der Waals surface area contributed by atoms with E-state index < -0.39 is 12.0 Å². The summed E-state index contributed by atoms with van der Waals surface area (Å²) in [6, 6.07) is 0.663. The Balaban J connectivity index is 4.84. The molecule has 0 saturated heterocycles. The Kier molecular flexibility index (Phi) is 6.71. The summed E-state index contributed by atoms with van der Waals surface area (Å²) < 4.78 is 0. The minimum Gasteiger partial charge on any atom is -0.480 e. The lowest BCUT2D eigenvalue weighted by Gasteiger charge is -2.31. The van der Waals surface area contributed by atoms with E-state index >= 15 is 0 Å². The first-order valence-electron chi connectivity index (χ1n) is 5.64. The molecular formula is C11H19N3O3. The van der Waals surface area contributed by atoms with Crippen molar-refractivity contribution in [1.82, 2.24) is 9.80 Å². The van der Waals surface area contributed by atoms with Gasteiger partial charge >= 0.3 is 12.0 Å². The van der Waals surface area contributed by atoms with Crippen molar-refractivity contribution < 1.29 is 14.7 Å². The highest BCUT2D eigenvalue weighted by molar-refractivity contribution is 5.82. The van der Waals surface area contributed by atoms with Crippen LogP contribution in [0.3, 0.4) is 0 Å². The molecule has 6 nitrogen and oxygen atoms in total. The fourth-order valence-electron chi connectivity index (χ4n) is 1.43. The van der Waals surface area contributed by atoms with Crippen LogP contribution in [0, 0.1) is 11.3 Å². The molecule has 0 aromatic heterocycles. The number of carbonyl (C=O) groups excluding carboxylic acids is 1. The molecule has 0 aromatic rings. The Morgan fingerprint density at radius 2 is 1.88 bits per heavy atom. The second kappa shape index (κ2) is 7.49. The van der Waals surface area contributed by atoms with Crippen molar-refractivity contribution in [2.24, 2.45) is 0 Å². The first-order valence-corrected chi connectivity index (χ1v) is 5.64. The van der Waals surface area contributed by atoms with Gasteiger partial charge in [-0.15, -0.1) is 0 Å². The van der Waals surface area contributed by atoms with Crippen LogP contribution in [0.5, 0.6) is 0 Å². The van der Waals surface area contributed by atoms with Crippen LogP contribution in [0.15, 0.2) is 0 Å². The summed E-state index contributed by atoms with van der Waals surface area (Å²) in [5, 5.41) is 17.5. The summed E-state index contributed by atoms with van der Waals surface area (Å²) in [7, 11) is 0. The number of rotatable bonds is 6. The highest BCUT2D eigenvalue weighted by Gasteiger charge is 2.27. The van der Waals surface area contributed by atoms with Crippen molar-refractivity contribution in [1.29, 1.82) is 5.26 Å². The number of hydrogen-bond acceptors (Lipinski definition) is 3. The van der Waals surface area contributed by atoms with Crippen molar-refractivity contribution in [3.63, 3.8) is 0 Å². The normalized spacial score (nSPS) is 11.4. The first kappa shape index (κ1) is 15.2. The summed E-state index contributed by atoms with van der Waals surface area (Å²) in [4.78, 5) is 25.7. The molecule has 0 aromatic carbocycles. The number of hydrogen-bond donors (Lipinski definition) is 1. The molecule has 0 bridgehead atoms. The van der Waals surface area contributed by atoms with Crippen LogP contribution in [-0.2, 0) is 4.79 Å². The number of carbonyl (C=O) groups is 2. The molecule has 2 amide bonds. The van der Waals surface area contributed by atoms with E-state index in [0.717, 1.165) is 0 Å². The van der Waals surface area contributed by atoms with Crippen LogP contribution >= 0.6 is 0 Å². The summed E-state index contributed by atoms with van der Waals surface area (Å²) >= 11 is 0. The zero-order valence-corrected chi connectivity index (χ0v) is 10.5. The summed E-state index contributed by atoms with van der Waals surface area (Å²) in [6.07, 6.45) is 0.130.